The Hall–Kier alpha value is -2.33. The smallest absolute Gasteiger partial charge is 0.223 e. The van der Waals surface area contributed by atoms with Gasteiger partial charge >= 0.3 is 0 Å². The van der Waals surface area contributed by atoms with Crippen molar-refractivity contribution in [3.63, 3.8) is 0 Å². The molecule has 4 heteroatoms. The molecule has 140 valence electrons. The second kappa shape index (κ2) is 6.68. The first kappa shape index (κ1) is 16.8. The Bertz CT molecular complexity index is 847. The first-order valence-corrected chi connectivity index (χ1v) is 10.1. The van der Waals surface area contributed by atoms with E-state index >= 15 is 0 Å². The van der Waals surface area contributed by atoms with Crippen LogP contribution < -0.4 is 5.32 Å². The first-order chi connectivity index (χ1) is 13.2. The van der Waals surface area contributed by atoms with Gasteiger partial charge in [-0.3, -0.25) is 4.79 Å². The number of carbonyl (C=O) groups is 1. The number of hydrogen-bond acceptors (Lipinski definition) is 3. The van der Waals surface area contributed by atoms with E-state index in [9.17, 15) is 9.90 Å². The van der Waals surface area contributed by atoms with E-state index in [4.69, 9.17) is 0 Å². The van der Waals surface area contributed by atoms with E-state index in [1.54, 1.807) is 0 Å². The summed E-state index contributed by atoms with van der Waals surface area (Å²) in [5.74, 6) is 1.17. The Morgan fingerprint density at radius 1 is 1.07 bits per heavy atom. The molecule has 0 radical (unpaired) electrons. The third-order valence-corrected chi connectivity index (χ3v) is 6.46. The van der Waals surface area contributed by atoms with Crippen molar-refractivity contribution in [1.82, 2.24) is 4.90 Å². The van der Waals surface area contributed by atoms with E-state index < -0.39 is 0 Å². The zero-order valence-corrected chi connectivity index (χ0v) is 15.5. The Labute approximate surface area is 160 Å². The highest BCUT2D eigenvalue weighted by Crippen LogP contribution is 2.48. The number of nitrogens with one attached hydrogen (secondary N) is 1. The first-order valence-electron chi connectivity index (χ1n) is 10.1. The Balaban J connectivity index is 1.54. The highest BCUT2D eigenvalue weighted by Gasteiger charge is 2.46. The molecule has 2 aliphatic heterocycles. The Kier molecular flexibility index (Phi) is 4.16. The Morgan fingerprint density at radius 3 is 2.63 bits per heavy atom. The normalized spacial score (nSPS) is 26.3. The molecule has 4 nitrogen and oxygen atoms in total. The second-order valence-electron chi connectivity index (χ2n) is 8.23. The van der Waals surface area contributed by atoms with Gasteiger partial charge in [-0.25, -0.2) is 0 Å². The quantitative estimate of drug-likeness (QED) is 0.869. The van der Waals surface area contributed by atoms with Gasteiger partial charge in [0.2, 0.25) is 5.91 Å². The molecule has 2 fully saturated rings. The Morgan fingerprint density at radius 2 is 1.89 bits per heavy atom. The van der Waals surface area contributed by atoms with Crippen LogP contribution in [0, 0.1) is 11.8 Å². The van der Waals surface area contributed by atoms with Crippen LogP contribution in [-0.2, 0) is 4.79 Å². The average molecular weight is 362 g/mol. The van der Waals surface area contributed by atoms with Gasteiger partial charge in [0.25, 0.3) is 0 Å². The third kappa shape index (κ3) is 3.02. The van der Waals surface area contributed by atoms with Crippen molar-refractivity contribution >= 4 is 11.6 Å². The second-order valence-corrected chi connectivity index (χ2v) is 8.23. The summed E-state index contributed by atoms with van der Waals surface area (Å²) in [5.41, 5.74) is 4.63. The fourth-order valence-electron chi connectivity index (χ4n) is 4.84. The SMILES string of the molecule is O=C(CC1CC1)N1CC[C@@H]2[C@@H](CO)Nc3ccc(-c4ccccc4)cc3[C@@H]21. The van der Waals surface area contributed by atoms with E-state index in [0.29, 0.717) is 18.2 Å². The number of likely N-dealkylation sites (tertiary alicyclic amines) is 1. The number of nitrogens with zero attached hydrogens (tertiary/aromatic N) is 1. The maximum atomic E-state index is 13.0. The number of rotatable bonds is 4. The molecular weight excluding hydrogens is 336 g/mol. The average Bonchev–Trinajstić information content (AvgIpc) is 3.41. The van der Waals surface area contributed by atoms with Crippen LogP contribution in [0.3, 0.4) is 0 Å². The lowest BCUT2D eigenvalue weighted by Gasteiger charge is -2.39. The molecule has 2 aromatic rings. The molecule has 2 N–H and O–H groups in total. The summed E-state index contributed by atoms with van der Waals surface area (Å²) in [6.45, 7) is 0.903. The van der Waals surface area contributed by atoms with Gasteiger partial charge in [0.15, 0.2) is 0 Å². The molecule has 0 unspecified atom stereocenters. The van der Waals surface area contributed by atoms with Crippen LogP contribution in [0.25, 0.3) is 11.1 Å². The number of amides is 1. The molecule has 1 amide bonds. The van der Waals surface area contributed by atoms with E-state index in [1.165, 1.54) is 29.5 Å². The summed E-state index contributed by atoms with van der Waals surface area (Å²) in [6.07, 6.45) is 4.04. The van der Waals surface area contributed by atoms with Gasteiger partial charge in [0, 0.05) is 24.6 Å². The lowest BCUT2D eigenvalue weighted by molar-refractivity contribution is -0.133. The molecule has 5 rings (SSSR count). The predicted octanol–water partition coefficient (Wildman–Crippen LogP) is 3.83. The van der Waals surface area contributed by atoms with Crippen molar-refractivity contribution < 1.29 is 9.90 Å². The van der Waals surface area contributed by atoms with E-state index in [1.807, 2.05) is 6.07 Å². The maximum absolute atomic E-state index is 13.0. The van der Waals surface area contributed by atoms with Gasteiger partial charge in [0.05, 0.1) is 18.7 Å². The molecular formula is C23H26N2O2. The predicted molar refractivity (Wildman–Crippen MR) is 106 cm³/mol. The van der Waals surface area contributed by atoms with Crippen LogP contribution in [0.4, 0.5) is 5.69 Å². The summed E-state index contributed by atoms with van der Waals surface area (Å²) >= 11 is 0. The molecule has 1 saturated carbocycles. The molecule has 3 atom stereocenters. The molecule has 1 saturated heterocycles. The monoisotopic (exact) mass is 362 g/mol. The van der Waals surface area contributed by atoms with Crippen molar-refractivity contribution in [2.75, 3.05) is 18.5 Å². The van der Waals surface area contributed by atoms with Crippen molar-refractivity contribution in [1.29, 1.82) is 0 Å². The minimum absolute atomic E-state index is 0.0174. The standard InChI is InChI=1S/C23H26N2O2/c26-14-21-18-10-11-25(22(27)12-15-6-7-15)23(18)19-13-17(8-9-20(19)24-21)16-4-2-1-3-5-16/h1-5,8-9,13,15,18,21,23-24,26H,6-7,10-12,14H2/t18-,21-,23-/m1/s1. The van der Waals surface area contributed by atoms with E-state index in [2.05, 4.69) is 52.7 Å². The van der Waals surface area contributed by atoms with E-state index in [-0.39, 0.29) is 24.6 Å². The molecule has 2 aromatic carbocycles. The van der Waals surface area contributed by atoms with E-state index in [0.717, 1.165) is 18.7 Å². The van der Waals surface area contributed by atoms with Gasteiger partial charge in [-0.15, -0.1) is 0 Å². The van der Waals surface area contributed by atoms with Gasteiger partial charge < -0.3 is 15.3 Å². The zero-order valence-electron chi connectivity index (χ0n) is 15.5. The van der Waals surface area contributed by atoms with Crippen LogP contribution in [-0.4, -0.2) is 35.1 Å². The lowest BCUT2D eigenvalue weighted by Crippen LogP contribution is -2.42. The summed E-state index contributed by atoms with van der Waals surface area (Å²) in [6, 6.07) is 17.0. The molecule has 2 heterocycles. The number of hydrogen-bond donors (Lipinski definition) is 2. The highest BCUT2D eigenvalue weighted by atomic mass is 16.3. The number of anilines is 1. The fraction of sp³-hybridized carbons (Fsp3) is 0.435. The topological polar surface area (TPSA) is 52.6 Å². The number of carbonyl (C=O) groups excluding carboxylic acids is 1. The molecule has 27 heavy (non-hydrogen) atoms. The zero-order chi connectivity index (χ0) is 18.4. The van der Waals surface area contributed by atoms with Crippen molar-refractivity contribution in [3.05, 3.63) is 54.1 Å². The van der Waals surface area contributed by atoms with Crippen LogP contribution in [0.15, 0.2) is 48.5 Å². The fourth-order valence-corrected chi connectivity index (χ4v) is 4.84. The number of aliphatic hydroxyl groups is 1. The molecule has 0 bridgehead atoms. The summed E-state index contributed by atoms with van der Waals surface area (Å²) in [4.78, 5) is 15.1. The van der Waals surface area contributed by atoms with Crippen molar-refractivity contribution in [2.45, 2.75) is 37.8 Å². The lowest BCUT2D eigenvalue weighted by atomic mass is 9.82. The molecule has 0 aromatic heterocycles. The summed E-state index contributed by atoms with van der Waals surface area (Å²) < 4.78 is 0. The maximum Gasteiger partial charge on any atom is 0.223 e. The van der Waals surface area contributed by atoms with Crippen LogP contribution in [0.1, 0.15) is 37.3 Å². The molecule has 0 spiro atoms. The number of benzene rings is 2. The largest absolute Gasteiger partial charge is 0.394 e. The van der Waals surface area contributed by atoms with Crippen LogP contribution >= 0.6 is 0 Å². The summed E-state index contributed by atoms with van der Waals surface area (Å²) in [5, 5.41) is 13.4. The van der Waals surface area contributed by atoms with Crippen LogP contribution in [0.2, 0.25) is 0 Å². The minimum atomic E-state index is 0.0174. The van der Waals surface area contributed by atoms with Crippen molar-refractivity contribution in [3.8, 4) is 11.1 Å². The summed E-state index contributed by atoms with van der Waals surface area (Å²) in [7, 11) is 0. The number of aliphatic hydroxyl groups excluding tert-OH is 1. The van der Waals surface area contributed by atoms with Gasteiger partial charge in [-0.05, 0) is 54.0 Å². The number of fused-ring (bicyclic) bond motifs is 3. The van der Waals surface area contributed by atoms with Gasteiger partial charge in [0.1, 0.15) is 0 Å². The van der Waals surface area contributed by atoms with Crippen molar-refractivity contribution in [2.24, 2.45) is 11.8 Å². The molecule has 1 aliphatic carbocycles. The highest BCUT2D eigenvalue weighted by molar-refractivity contribution is 5.79. The third-order valence-electron chi connectivity index (χ3n) is 6.46. The minimum Gasteiger partial charge on any atom is -0.394 e. The van der Waals surface area contributed by atoms with Gasteiger partial charge in [-0.1, -0.05) is 36.4 Å². The van der Waals surface area contributed by atoms with Gasteiger partial charge in [-0.2, -0.15) is 0 Å². The van der Waals surface area contributed by atoms with Crippen LogP contribution in [0.5, 0.6) is 0 Å². The molecule has 3 aliphatic rings.